The Bertz CT molecular complexity index is 733. The van der Waals surface area contributed by atoms with Gasteiger partial charge in [0.1, 0.15) is 0 Å². The monoisotopic (exact) mass is 402 g/mol. The lowest BCUT2D eigenvalue weighted by molar-refractivity contribution is -0.128. The first-order valence-electron chi connectivity index (χ1n) is 10.8. The quantitative estimate of drug-likeness (QED) is 0.682. The number of amides is 2. The topological polar surface area (TPSA) is 76.7 Å². The second-order valence-corrected chi connectivity index (χ2v) is 9.30. The highest BCUT2D eigenvalue weighted by Crippen LogP contribution is 2.43. The Morgan fingerprint density at radius 1 is 1.03 bits per heavy atom. The number of hydrogen-bond acceptors (Lipinski definition) is 4. The summed E-state index contributed by atoms with van der Waals surface area (Å²) in [7, 11) is 0. The highest BCUT2D eigenvalue weighted by Gasteiger charge is 2.35. The first kappa shape index (κ1) is 21.5. The summed E-state index contributed by atoms with van der Waals surface area (Å²) in [6, 6.07) is 6.18. The normalized spacial score (nSPS) is 17.6. The van der Waals surface area contributed by atoms with E-state index in [9.17, 15) is 9.59 Å². The van der Waals surface area contributed by atoms with Crippen LogP contribution in [0.2, 0.25) is 0 Å². The SMILES string of the molecule is CC(C)(C)C(=O)NCCCC(=O)NCC1(c2ccc3c(c2)OCO3)CCCCC1. The fourth-order valence-corrected chi connectivity index (χ4v) is 4.09. The Labute approximate surface area is 173 Å². The molecular formula is C23H34N2O4. The van der Waals surface area contributed by atoms with E-state index in [4.69, 9.17) is 9.47 Å². The van der Waals surface area contributed by atoms with Crippen LogP contribution in [0.3, 0.4) is 0 Å². The minimum Gasteiger partial charge on any atom is -0.454 e. The van der Waals surface area contributed by atoms with Gasteiger partial charge < -0.3 is 20.1 Å². The largest absolute Gasteiger partial charge is 0.454 e. The minimum atomic E-state index is -0.403. The van der Waals surface area contributed by atoms with Crippen molar-refractivity contribution in [3.05, 3.63) is 23.8 Å². The van der Waals surface area contributed by atoms with Crippen molar-refractivity contribution in [3.8, 4) is 11.5 Å². The molecule has 2 aliphatic rings. The zero-order valence-electron chi connectivity index (χ0n) is 17.9. The maximum atomic E-state index is 12.4. The standard InChI is InChI=1S/C23H34N2O4/c1-22(2,3)21(27)24-13-7-8-20(26)25-15-23(11-5-4-6-12-23)17-9-10-18-19(14-17)29-16-28-18/h9-10,14H,4-8,11-13,15-16H2,1-3H3,(H,24,27)(H,25,26). The van der Waals surface area contributed by atoms with Crippen molar-refractivity contribution in [2.75, 3.05) is 19.9 Å². The van der Waals surface area contributed by atoms with E-state index >= 15 is 0 Å². The molecule has 0 unspecified atom stereocenters. The maximum Gasteiger partial charge on any atom is 0.231 e. The molecule has 1 heterocycles. The number of carbonyl (C=O) groups is 2. The molecule has 0 atom stereocenters. The lowest BCUT2D eigenvalue weighted by atomic mass is 9.69. The molecule has 160 valence electrons. The van der Waals surface area contributed by atoms with Gasteiger partial charge in [-0.3, -0.25) is 9.59 Å². The van der Waals surface area contributed by atoms with Crippen molar-refractivity contribution >= 4 is 11.8 Å². The molecule has 2 N–H and O–H groups in total. The molecule has 0 bridgehead atoms. The molecule has 1 aromatic carbocycles. The van der Waals surface area contributed by atoms with Crippen molar-refractivity contribution in [3.63, 3.8) is 0 Å². The molecule has 1 saturated carbocycles. The number of rotatable bonds is 7. The number of ether oxygens (including phenoxy) is 2. The van der Waals surface area contributed by atoms with E-state index in [1.165, 1.54) is 24.8 Å². The lowest BCUT2D eigenvalue weighted by Gasteiger charge is -2.38. The van der Waals surface area contributed by atoms with Gasteiger partial charge in [0.2, 0.25) is 18.6 Å². The highest BCUT2D eigenvalue weighted by molar-refractivity contribution is 5.81. The van der Waals surface area contributed by atoms with Gasteiger partial charge >= 0.3 is 0 Å². The Balaban J connectivity index is 1.53. The molecule has 0 spiro atoms. The number of carbonyl (C=O) groups excluding carboxylic acids is 2. The van der Waals surface area contributed by atoms with Crippen LogP contribution in [0.4, 0.5) is 0 Å². The van der Waals surface area contributed by atoms with Crippen LogP contribution in [-0.2, 0) is 15.0 Å². The third-order valence-corrected chi connectivity index (χ3v) is 5.97. The van der Waals surface area contributed by atoms with E-state index in [2.05, 4.69) is 22.8 Å². The smallest absolute Gasteiger partial charge is 0.231 e. The molecule has 1 aromatic rings. The lowest BCUT2D eigenvalue weighted by Crippen LogP contribution is -2.42. The van der Waals surface area contributed by atoms with Crippen LogP contribution in [0.5, 0.6) is 11.5 Å². The van der Waals surface area contributed by atoms with Crippen LogP contribution in [0.1, 0.15) is 71.3 Å². The zero-order valence-corrected chi connectivity index (χ0v) is 17.9. The molecule has 6 nitrogen and oxygen atoms in total. The Kier molecular flexibility index (Phi) is 6.70. The fourth-order valence-electron chi connectivity index (χ4n) is 4.09. The summed E-state index contributed by atoms with van der Waals surface area (Å²) in [5, 5.41) is 6.05. The predicted molar refractivity (Wildman–Crippen MR) is 112 cm³/mol. The van der Waals surface area contributed by atoms with Crippen LogP contribution in [-0.4, -0.2) is 31.7 Å². The van der Waals surface area contributed by atoms with Gasteiger partial charge in [-0.2, -0.15) is 0 Å². The summed E-state index contributed by atoms with van der Waals surface area (Å²) in [6.45, 7) is 7.09. The van der Waals surface area contributed by atoms with E-state index in [-0.39, 0.29) is 24.0 Å². The zero-order chi connectivity index (χ0) is 20.9. The van der Waals surface area contributed by atoms with E-state index in [0.29, 0.717) is 25.9 Å². The van der Waals surface area contributed by atoms with Crippen molar-refractivity contribution < 1.29 is 19.1 Å². The number of hydrogen-bond donors (Lipinski definition) is 2. The molecule has 0 radical (unpaired) electrons. The Morgan fingerprint density at radius 2 is 1.76 bits per heavy atom. The van der Waals surface area contributed by atoms with Crippen LogP contribution >= 0.6 is 0 Å². The van der Waals surface area contributed by atoms with E-state index in [0.717, 1.165) is 24.3 Å². The summed E-state index contributed by atoms with van der Waals surface area (Å²) in [5.41, 5.74) is 0.773. The molecule has 1 fully saturated rings. The first-order valence-corrected chi connectivity index (χ1v) is 10.8. The molecule has 6 heteroatoms. The van der Waals surface area contributed by atoms with Gasteiger partial charge in [-0.1, -0.05) is 46.1 Å². The van der Waals surface area contributed by atoms with Crippen molar-refractivity contribution in [2.45, 2.75) is 71.1 Å². The fraction of sp³-hybridized carbons (Fsp3) is 0.652. The first-order chi connectivity index (χ1) is 13.8. The molecule has 1 aliphatic heterocycles. The van der Waals surface area contributed by atoms with Gasteiger partial charge in [0.25, 0.3) is 0 Å². The van der Waals surface area contributed by atoms with E-state index in [1.807, 2.05) is 26.8 Å². The number of nitrogens with one attached hydrogen (secondary N) is 2. The number of fused-ring (bicyclic) bond motifs is 1. The predicted octanol–water partition coefficient (Wildman–Crippen LogP) is 3.68. The Hall–Kier alpha value is -2.24. The van der Waals surface area contributed by atoms with Crippen molar-refractivity contribution in [1.29, 1.82) is 0 Å². The second-order valence-electron chi connectivity index (χ2n) is 9.30. The van der Waals surface area contributed by atoms with Crippen LogP contribution in [0, 0.1) is 5.41 Å². The van der Waals surface area contributed by atoms with Crippen LogP contribution < -0.4 is 20.1 Å². The van der Waals surface area contributed by atoms with Gasteiger partial charge in [-0.25, -0.2) is 0 Å². The molecule has 1 aliphatic carbocycles. The second kappa shape index (κ2) is 9.06. The van der Waals surface area contributed by atoms with Gasteiger partial charge in [0, 0.05) is 30.3 Å². The Morgan fingerprint density at radius 3 is 2.48 bits per heavy atom. The molecule has 3 rings (SSSR count). The summed E-state index contributed by atoms with van der Waals surface area (Å²) in [6.07, 6.45) is 6.77. The molecule has 29 heavy (non-hydrogen) atoms. The maximum absolute atomic E-state index is 12.4. The van der Waals surface area contributed by atoms with Gasteiger partial charge in [0.05, 0.1) is 0 Å². The average molecular weight is 403 g/mol. The summed E-state index contributed by atoms with van der Waals surface area (Å²) in [4.78, 5) is 24.3. The van der Waals surface area contributed by atoms with Crippen LogP contribution in [0.15, 0.2) is 18.2 Å². The van der Waals surface area contributed by atoms with Gasteiger partial charge in [0.15, 0.2) is 11.5 Å². The van der Waals surface area contributed by atoms with Gasteiger partial charge in [-0.05, 0) is 37.0 Å². The molecule has 0 saturated heterocycles. The van der Waals surface area contributed by atoms with Crippen molar-refractivity contribution in [1.82, 2.24) is 10.6 Å². The summed E-state index contributed by atoms with van der Waals surface area (Å²) in [5.74, 6) is 1.65. The average Bonchev–Trinajstić information content (AvgIpc) is 3.17. The van der Waals surface area contributed by atoms with E-state index < -0.39 is 5.41 Å². The van der Waals surface area contributed by atoms with Crippen LogP contribution in [0.25, 0.3) is 0 Å². The third kappa shape index (κ3) is 5.43. The number of benzene rings is 1. The third-order valence-electron chi connectivity index (χ3n) is 5.97. The molecular weight excluding hydrogens is 368 g/mol. The molecule has 2 amide bonds. The van der Waals surface area contributed by atoms with Crippen molar-refractivity contribution in [2.24, 2.45) is 5.41 Å². The molecule has 0 aromatic heterocycles. The van der Waals surface area contributed by atoms with Gasteiger partial charge in [-0.15, -0.1) is 0 Å². The highest BCUT2D eigenvalue weighted by atomic mass is 16.7. The van der Waals surface area contributed by atoms with E-state index in [1.54, 1.807) is 0 Å². The summed E-state index contributed by atoms with van der Waals surface area (Å²) >= 11 is 0. The minimum absolute atomic E-state index is 0.0156. The summed E-state index contributed by atoms with van der Waals surface area (Å²) < 4.78 is 11.0.